The summed E-state index contributed by atoms with van der Waals surface area (Å²) in [6.45, 7) is 0.831. The van der Waals surface area contributed by atoms with Crippen LogP contribution in [0.3, 0.4) is 0 Å². The molecule has 0 saturated carbocycles. The first-order valence-corrected chi connectivity index (χ1v) is 11.9. The van der Waals surface area contributed by atoms with E-state index >= 15 is 0 Å². The Bertz CT molecular complexity index is 1070. The zero-order valence-electron chi connectivity index (χ0n) is 16.3. The van der Waals surface area contributed by atoms with E-state index in [0.717, 1.165) is 23.4 Å². The third kappa shape index (κ3) is 5.24. The van der Waals surface area contributed by atoms with E-state index < -0.39 is 22.5 Å². The van der Waals surface area contributed by atoms with Crippen LogP contribution in [0.15, 0.2) is 42.5 Å². The van der Waals surface area contributed by atoms with Gasteiger partial charge in [0.25, 0.3) is 5.91 Å². The molecule has 1 N–H and O–H groups in total. The van der Waals surface area contributed by atoms with Crippen molar-refractivity contribution < 1.29 is 18.0 Å². The molecule has 0 atom stereocenters. The lowest BCUT2D eigenvalue weighted by atomic mass is 10.1. The maximum Gasteiger partial charge on any atom is 0.255 e. The Morgan fingerprint density at radius 3 is 2.43 bits per heavy atom. The van der Waals surface area contributed by atoms with Gasteiger partial charge in [0.15, 0.2) is 0 Å². The van der Waals surface area contributed by atoms with Gasteiger partial charge in [-0.2, -0.15) is 0 Å². The highest BCUT2D eigenvalue weighted by molar-refractivity contribution is 7.92. The first kappa shape index (κ1) is 22.4. The van der Waals surface area contributed by atoms with Crippen LogP contribution in [0.1, 0.15) is 23.2 Å². The van der Waals surface area contributed by atoms with Crippen LogP contribution < -0.4 is 9.62 Å². The van der Waals surface area contributed by atoms with E-state index in [0.29, 0.717) is 24.3 Å². The van der Waals surface area contributed by atoms with Crippen LogP contribution in [-0.2, 0) is 14.8 Å². The molecule has 160 valence electrons. The first-order valence-electron chi connectivity index (χ1n) is 9.28. The quantitative estimate of drug-likeness (QED) is 0.699. The molecule has 0 unspecified atom stereocenters. The Hall–Kier alpha value is -2.29. The van der Waals surface area contributed by atoms with E-state index in [1.807, 2.05) is 0 Å². The average Bonchev–Trinajstić information content (AvgIpc) is 3.22. The number of anilines is 2. The van der Waals surface area contributed by atoms with Crippen molar-refractivity contribution in [2.75, 3.05) is 35.5 Å². The zero-order valence-corrected chi connectivity index (χ0v) is 18.6. The normalized spacial score (nSPS) is 13.9. The molecule has 2 amide bonds. The predicted molar refractivity (Wildman–Crippen MR) is 119 cm³/mol. The first-order chi connectivity index (χ1) is 14.2. The van der Waals surface area contributed by atoms with Gasteiger partial charge in [-0.1, -0.05) is 35.3 Å². The largest absolute Gasteiger partial charge is 0.339 e. The van der Waals surface area contributed by atoms with E-state index in [2.05, 4.69) is 5.32 Å². The molecule has 2 aromatic rings. The number of benzene rings is 2. The fourth-order valence-corrected chi connectivity index (χ4v) is 4.54. The Balaban J connectivity index is 1.83. The standard InChI is InChI=1S/C20H21Cl2N3O4S/c1-30(28,29)25(18-12-14(21)8-9-16(18)22)13-19(26)23-17-7-3-2-6-15(17)20(27)24-10-4-5-11-24/h2-3,6-9,12H,4-5,10-11,13H2,1H3,(H,23,26). The fraction of sp³-hybridized carbons (Fsp3) is 0.300. The molecule has 30 heavy (non-hydrogen) atoms. The third-order valence-corrected chi connectivity index (χ3v) is 6.37. The molecule has 1 saturated heterocycles. The van der Waals surface area contributed by atoms with Gasteiger partial charge in [-0.05, 0) is 43.2 Å². The number of likely N-dealkylation sites (tertiary alicyclic amines) is 1. The lowest BCUT2D eigenvalue weighted by Crippen LogP contribution is -2.38. The second-order valence-corrected chi connectivity index (χ2v) is 9.71. The van der Waals surface area contributed by atoms with Gasteiger partial charge in [-0.3, -0.25) is 13.9 Å². The summed E-state index contributed by atoms with van der Waals surface area (Å²) in [5, 5.41) is 3.08. The van der Waals surface area contributed by atoms with Gasteiger partial charge in [-0.15, -0.1) is 0 Å². The van der Waals surface area contributed by atoms with Crippen molar-refractivity contribution in [1.29, 1.82) is 0 Å². The minimum Gasteiger partial charge on any atom is -0.339 e. The van der Waals surface area contributed by atoms with Gasteiger partial charge in [0.1, 0.15) is 6.54 Å². The summed E-state index contributed by atoms with van der Waals surface area (Å²) in [6.07, 6.45) is 2.87. The molecule has 1 aliphatic heterocycles. The van der Waals surface area contributed by atoms with Gasteiger partial charge in [0.2, 0.25) is 15.9 Å². The molecule has 0 aromatic heterocycles. The Morgan fingerprint density at radius 2 is 1.77 bits per heavy atom. The van der Waals surface area contributed by atoms with Crippen LogP contribution in [-0.4, -0.2) is 51.0 Å². The highest BCUT2D eigenvalue weighted by atomic mass is 35.5. The van der Waals surface area contributed by atoms with Crippen LogP contribution in [0, 0.1) is 0 Å². The molecule has 1 heterocycles. The maximum atomic E-state index is 12.8. The Labute approximate surface area is 185 Å². The van der Waals surface area contributed by atoms with E-state index in [9.17, 15) is 18.0 Å². The zero-order chi connectivity index (χ0) is 21.9. The van der Waals surface area contributed by atoms with Crippen LogP contribution in [0.25, 0.3) is 0 Å². The topological polar surface area (TPSA) is 86.8 Å². The van der Waals surface area contributed by atoms with Crippen molar-refractivity contribution in [2.24, 2.45) is 0 Å². The monoisotopic (exact) mass is 469 g/mol. The van der Waals surface area contributed by atoms with Crippen LogP contribution in [0.2, 0.25) is 10.0 Å². The van der Waals surface area contributed by atoms with Crippen molar-refractivity contribution >= 4 is 56.4 Å². The van der Waals surface area contributed by atoms with Crippen LogP contribution in [0.4, 0.5) is 11.4 Å². The van der Waals surface area contributed by atoms with Gasteiger partial charge in [0, 0.05) is 18.1 Å². The number of hydrogen-bond donors (Lipinski definition) is 1. The molecule has 1 fully saturated rings. The summed E-state index contributed by atoms with van der Waals surface area (Å²) < 4.78 is 25.5. The van der Waals surface area contributed by atoms with Gasteiger partial charge < -0.3 is 10.2 Å². The minimum absolute atomic E-state index is 0.100. The minimum atomic E-state index is -3.83. The van der Waals surface area contributed by atoms with Crippen molar-refractivity contribution in [2.45, 2.75) is 12.8 Å². The Kier molecular flexibility index (Phi) is 6.90. The number of para-hydroxylation sites is 1. The van der Waals surface area contributed by atoms with Gasteiger partial charge >= 0.3 is 0 Å². The number of halogens is 2. The Morgan fingerprint density at radius 1 is 1.10 bits per heavy atom. The summed E-state index contributed by atoms with van der Waals surface area (Å²) in [5.74, 6) is -0.778. The number of carbonyl (C=O) groups excluding carboxylic acids is 2. The molecule has 1 aliphatic rings. The highest BCUT2D eigenvalue weighted by Gasteiger charge is 2.25. The van der Waals surface area contributed by atoms with Gasteiger partial charge in [-0.25, -0.2) is 8.42 Å². The molecule has 0 aliphatic carbocycles. The molecule has 7 nitrogen and oxygen atoms in total. The van der Waals surface area contributed by atoms with E-state index in [1.54, 1.807) is 29.2 Å². The van der Waals surface area contributed by atoms with E-state index in [1.165, 1.54) is 18.2 Å². The van der Waals surface area contributed by atoms with Crippen molar-refractivity contribution in [1.82, 2.24) is 4.90 Å². The lowest BCUT2D eigenvalue weighted by molar-refractivity contribution is -0.114. The highest BCUT2D eigenvalue weighted by Crippen LogP contribution is 2.30. The third-order valence-electron chi connectivity index (χ3n) is 4.69. The number of nitrogens with one attached hydrogen (secondary N) is 1. The molecule has 0 radical (unpaired) electrons. The summed E-state index contributed by atoms with van der Waals surface area (Å²) in [6, 6.07) is 11.0. The SMILES string of the molecule is CS(=O)(=O)N(CC(=O)Nc1ccccc1C(=O)N1CCCC1)c1cc(Cl)ccc1Cl. The smallest absolute Gasteiger partial charge is 0.255 e. The summed E-state index contributed by atoms with van der Waals surface area (Å²) in [7, 11) is -3.83. The molecule has 10 heteroatoms. The van der Waals surface area contributed by atoms with Crippen molar-refractivity contribution in [3.8, 4) is 0 Å². The van der Waals surface area contributed by atoms with Crippen molar-refractivity contribution in [3.05, 3.63) is 58.1 Å². The van der Waals surface area contributed by atoms with E-state index in [-0.39, 0.29) is 21.6 Å². The second kappa shape index (κ2) is 9.24. The van der Waals surface area contributed by atoms with Crippen molar-refractivity contribution in [3.63, 3.8) is 0 Å². The number of hydrogen-bond acceptors (Lipinski definition) is 4. The molecular formula is C20H21Cl2N3O4S. The molecule has 0 spiro atoms. The number of rotatable bonds is 6. The summed E-state index contributed by atoms with van der Waals surface area (Å²) >= 11 is 12.1. The average molecular weight is 470 g/mol. The summed E-state index contributed by atoms with van der Waals surface area (Å²) in [5.41, 5.74) is 0.785. The number of sulfonamides is 1. The maximum absolute atomic E-state index is 12.8. The van der Waals surface area contributed by atoms with Crippen LogP contribution in [0.5, 0.6) is 0 Å². The molecule has 0 bridgehead atoms. The number of carbonyl (C=O) groups is 2. The summed E-state index contributed by atoms with van der Waals surface area (Å²) in [4.78, 5) is 27.2. The molecular weight excluding hydrogens is 449 g/mol. The fourth-order valence-electron chi connectivity index (χ4n) is 3.25. The lowest BCUT2D eigenvalue weighted by Gasteiger charge is -2.23. The van der Waals surface area contributed by atoms with E-state index in [4.69, 9.17) is 23.2 Å². The number of amides is 2. The number of nitrogens with zero attached hydrogens (tertiary/aromatic N) is 2. The predicted octanol–water partition coefficient (Wildman–Crippen LogP) is 3.63. The second-order valence-electron chi connectivity index (χ2n) is 6.96. The molecule has 3 rings (SSSR count). The van der Waals surface area contributed by atoms with Gasteiger partial charge in [0.05, 0.1) is 28.2 Å². The molecule has 2 aromatic carbocycles. The van der Waals surface area contributed by atoms with Crippen LogP contribution >= 0.6 is 23.2 Å².